The molecule has 0 spiro atoms. The molecule has 0 saturated carbocycles. The van der Waals surface area contributed by atoms with Gasteiger partial charge in [-0.15, -0.1) is 0 Å². The van der Waals surface area contributed by atoms with Gasteiger partial charge in [-0.05, 0) is 31.4 Å². The number of pyridine rings is 2. The highest BCUT2D eigenvalue weighted by Gasteiger charge is 2.22. The van der Waals surface area contributed by atoms with Crippen LogP contribution in [0.15, 0.2) is 30.6 Å². The van der Waals surface area contributed by atoms with E-state index in [1.54, 1.807) is 0 Å². The summed E-state index contributed by atoms with van der Waals surface area (Å²) in [5.74, 6) is 0. The Hall–Kier alpha value is -1.94. The molecule has 0 aliphatic heterocycles. The topological polar surface area (TPSA) is 56.2 Å². The van der Waals surface area contributed by atoms with Crippen molar-refractivity contribution in [2.75, 3.05) is 0 Å². The zero-order valence-electron chi connectivity index (χ0n) is 10.0. The molecule has 4 heteroatoms. The van der Waals surface area contributed by atoms with Gasteiger partial charge in [0.15, 0.2) is 0 Å². The van der Waals surface area contributed by atoms with Crippen molar-refractivity contribution in [3.63, 3.8) is 0 Å². The maximum absolute atomic E-state index is 6.16. The van der Waals surface area contributed by atoms with Gasteiger partial charge in [-0.1, -0.05) is 6.07 Å². The number of nitrogens with two attached hydrogens (primary N) is 1. The van der Waals surface area contributed by atoms with Gasteiger partial charge in [0.1, 0.15) is 11.2 Å². The lowest BCUT2D eigenvalue weighted by Gasteiger charge is -2.21. The lowest BCUT2D eigenvalue weighted by molar-refractivity contribution is 0.556. The van der Waals surface area contributed by atoms with Crippen LogP contribution in [-0.2, 0) is 6.42 Å². The summed E-state index contributed by atoms with van der Waals surface area (Å²) in [4.78, 5) is 9.13. The standard InChI is InChI=1S/C14H14N4/c15-10-5-3-4-9-13(10)16-8-11-14(9)18-7-2-1-6-12(18)17-11/h1-2,6-8,10H,3-5,15H2. The molecule has 1 atom stereocenters. The van der Waals surface area contributed by atoms with Gasteiger partial charge >= 0.3 is 0 Å². The van der Waals surface area contributed by atoms with E-state index in [9.17, 15) is 0 Å². The predicted molar refractivity (Wildman–Crippen MR) is 70.4 cm³/mol. The van der Waals surface area contributed by atoms with Crippen LogP contribution in [0.2, 0.25) is 0 Å². The highest BCUT2D eigenvalue weighted by Crippen LogP contribution is 2.31. The van der Waals surface area contributed by atoms with Gasteiger partial charge in [0, 0.05) is 17.8 Å². The molecule has 0 saturated heterocycles. The smallest absolute Gasteiger partial charge is 0.137 e. The largest absolute Gasteiger partial charge is 0.323 e. The monoisotopic (exact) mass is 238 g/mol. The van der Waals surface area contributed by atoms with Gasteiger partial charge in [-0.25, -0.2) is 4.98 Å². The van der Waals surface area contributed by atoms with Crippen LogP contribution in [0.3, 0.4) is 0 Å². The Kier molecular flexibility index (Phi) is 1.96. The van der Waals surface area contributed by atoms with E-state index in [0.717, 1.165) is 36.1 Å². The van der Waals surface area contributed by atoms with Crippen molar-refractivity contribution in [3.8, 4) is 0 Å². The molecule has 4 nitrogen and oxygen atoms in total. The fraction of sp³-hybridized carbons (Fsp3) is 0.286. The molecule has 2 N–H and O–H groups in total. The maximum Gasteiger partial charge on any atom is 0.137 e. The molecule has 0 amide bonds. The Morgan fingerprint density at radius 2 is 2.28 bits per heavy atom. The minimum Gasteiger partial charge on any atom is -0.323 e. The molecule has 0 radical (unpaired) electrons. The number of fused-ring (bicyclic) bond motifs is 5. The van der Waals surface area contributed by atoms with Crippen molar-refractivity contribution in [1.29, 1.82) is 0 Å². The van der Waals surface area contributed by atoms with Crippen molar-refractivity contribution in [2.45, 2.75) is 25.3 Å². The normalized spacial score (nSPS) is 19.3. The summed E-state index contributed by atoms with van der Waals surface area (Å²) in [5, 5.41) is 0. The zero-order chi connectivity index (χ0) is 12.1. The first-order valence-electron chi connectivity index (χ1n) is 6.35. The van der Waals surface area contributed by atoms with Crippen LogP contribution < -0.4 is 5.73 Å². The maximum atomic E-state index is 6.16. The first-order valence-corrected chi connectivity index (χ1v) is 6.35. The summed E-state index contributed by atoms with van der Waals surface area (Å²) in [7, 11) is 0. The number of nitrogens with zero attached hydrogens (tertiary/aromatic N) is 3. The first kappa shape index (κ1) is 10.0. The van der Waals surface area contributed by atoms with Gasteiger partial charge < -0.3 is 5.73 Å². The Bertz CT molecular complexity index is 744. The van der Waals surface area contributed by atoms with Gasteiger partial charge in [-0.3, -0.25) is 9.38 Å². The van der Waals surface area contributed by atoms with Crippen molar-refractivity contribution in [3.05, 3.63) is 41.9 Å². The lowest BCUT2D eigenvalue weighted by Crippen LogP contribution is -2.19. The number of hydrogen-bond donors (Lipinski definition) is 1. The van der Waals surface area contributed by atoms with Crippen LogP contribution in [-0.4, -0.2) is 14.4 Å². The summed E-state index contributed by atoms with van der Waals surface area (Å²) in [5.41, 5.74) is 11.6. The van der Waals surface area contributed by atoms with Gasteiger partial charge in [-0.2, -0.15) is 0 Å². The molecule has 0 fully saturated rings. The SMILES string of the molecule is NC1CCCc2c1ncc1nc3ccccn3c21. The second-order valence-corrected chi connectivity index (χ2v) is 4.90. The summed E-state index contributed by atoms with van der Waals surface area (Å²) in [6.45, 7) is 0. The fourth-order valence-corrected chi connectivity index (χ4v) is 2.94. The third kappa shape index (κ3) is 1.24. The van der Waals surface area contributed by atoms with Crippen LogP contribution in [0.1, 0.15) is 30.1 Å². The van der Waals surface area contributed by atoms with Crippen molar-refractivity contribution < 1.29 is 0 Å². The average Bonchev–Trinajstić information content (AvgIpc) is 2.77. The van der Waals surface area contributed by atoms with E-state index in [2.05, 4.69) is 20.6 Å². The van der Waals surface area contributed by atoms with Crippen LogP contribution in [0, 0.1) is 0 Å². The van der Waals surface area contributed by atoms with E-state index >= 15 is 0 Å². The molecule has 3 aromatic heterocycles. The molecular formula is C14H14N4. The van der Waals surface area contributed by atoms with Gasteiger partial charge in [0.2, 0.25) is 0 Å². The number of aromatic nitrogens is 3. The Labute approximate surface area is 104 Å². The fourth-order valence-electron chi connectivity index (χ4n) is 2.94. The first-order chi connectivity index (χ1) is 8.84. The van der Waals surface area contributed by atoms with Crippen LogP contribution in [0.5, 0.6) is 0 Å². The predicted octanol–water partition coefficient (Wildman–Crippen LogP) is 2.22. The third-order valence-electron chi connectivity index (χ3n) is 3.77. The van der Waals surface area contributed by atoms with E-state index < -0.39 is 0 Å². The van der Waals surface area contributed by atoms with Crippen LogP contribution in [0.25, 0.3) is 16.7 Å². The number of aryl methyl sites for hydroxylation is 1. The zero-order valence-corrected chi connectivity index (χ0v) is 10.0. The minimum absolute atomic E-state index is 0.0763. The highest BCUT2D eigenvalue weighted by atomic mass is 15.0. The van der Waals surface area contributed by atoms with Crippen LogP contribution in [0.4, 0.5) is 0 Å². The second-order valence-electron chi connectivity index (χ2n) is 4.90. The van der Waals surface area contributed by atoms with E-state index in [-0.39, 0.29) is 6.04 Å². The van der Waals surface area contributed by atoms with E-state index in [0.29, 0.717) is 0 Å². The molecule has 3 heterocycles. The number of hydrogen-bond acceptors (Lipinski definition) is 3. The van der Waals surface area contributed by atoms with Gasteiger partial charge in [0.05, 0.1) is 17.4 Å². The van der Waals surface area contributed by atoms with Crippen molar-refractivity contribution in [1.82, 2.24) is 14.4 Å². The number of imidazole rings is 1. The summed E-state index contributed by atoms with van der Waals surface area (Å²) < 4.78 is 2.15. The third-order valence-corrected chi connectivity index (χ3v) is 3.77. The molecular weight excluding hydrogens is 224 g/mol. The highest BCUT2D eigenvalue weighted by molar-refractivity contribution is 5.83. The van der Waals surface area contributed by atoms with E-state index in [1.165, 1.54) is 11.1 Å². The molecule has 1 aliphatic rings. The van der Waals surface area contributed by atoms with Crippen LogP contribution >= 0.6 is 0 Å². The lowest BCUT2D eigenvalue weighted by atomic mass is 9.91. The minimum atomic E-state index is 0.0763. The molecule has 1 unspecified atom stereocenters. The molecule has 4 rings (SSSR count). The van der Waals surface area contributed by atoms with E-state index in [1.807, 2.05) is 24.4 Å². The van der Waals surface area contributed by atoms with E-state index in [4.69, 9.17) is 5.73 Å². The molecule has 1 aliphatic carbocycles. The number of rotatable bonds is 0. The Morgan fingerprint density at radius 3 is 3.22 bits per heavy atom. The average molecular weight is 238 g/mol. The molecule has 18 heavy (non-hydrogen) atoms. The van der Waals surface area contributed by atoms with Crippen molar-refractivity contribution in [2.24, 2.45) is 5.73 Å². The molecule has 0 aromatic carbocycles. The van der Waals surface area contributed by atoms with Gasteiger partial charge in [0.25, 0.3) is 0 Å². The summed E-state index contributed by atoms with van der Waals surface area (Å²) >= 11 is 0. The molecule has 0 bridgehead atoms. The Morgan fingerprint density at radius 1 is 1.33 bits per heavy atom. The summed E-state index contributed by atoms with van der Waals surface area (Å²) in [6, 6.07) is 6.14. The quantitative estimate of drug-likeness (QED) is 0.653. The molecule has 90 valence electrons. The Balaban J connectivity index is 2.17. The summed E-state index contributed by atoms with van der Waals surface area (Å²) in [6.07, 6.45) is 7.13. The van der Waals surface area contributed by atoms with Crippen molar-refractivity contribution >= 4 is 16.7 Å². The molecule has 3 aromatic rings. The second kappa shape index (κ2) is 3.53.